The number of aryl methyl sites for hydroxylation is 1. The standard InChI is InChI=1S/C39H48N2O6Si/c1-8-9-21-32(35-33(47-48(6,7)38(3,4)5)24-34(45-35)41-25-26(2)36(42)40-37(41)43)46-39(27-17-11-10-12-18-27)28-19-13-15-22-30(28)44-31-23-16-14-20-29(31)39/h10-20,22-23,25,32-35H,8-9,21,24H2,1-7H3,(H,40,42,43)/t32-,33-,34+,35+/m0/s1. The van der Waals surface area contributed by atoms with E-state index in [0.29, 0.717) is 18.4 Å². The van der Waals surface area contributed by atoms with E-state index in [1.807, 2.05) is 54.6 Å². The van der Waals surface area contributed by atoms with Crippen LogP contribution < -0.4 is 16.0 Å². The minimum atomic E-state index is -2.30. The zero-order valence-electron chi connectivity index (χ0n) is 29.1. The van der Waals surface area contributed by atoms with E-state index in [1.165, 1.54) is 4.57 Å². The third kappa shape index (κ3) is 6.25. The molecule has 4 atom stereocenters. The molecule has 1 fully saturated rings. The SMILES string of the molecule is CCCC[C@H](OC1(c2ccccc2)c2ccccc2Oc2ccccc21)[C@H]1O[C@@H](n2cc(C)c(=O)[nH]c2=O)C[C@@H]1O[Si](C)(C)C(C)(C)C. The van der Waals surface area contributed by atoms with Crippen LogP contribution in [0, 0.1) is 6.92 Å². The van der Waals surface area contributed by atoms with Crippen molar-refractivity contribution < 1.29 is 18.6 Å². The Kier molecular flexibility index (Phi) is 9.43. The first-order chi connectivity index (χ1) is 22.9. The van der Waals surface area contributed by atoms with Crippen molar-refractivity contribution in [3.05, 3.63) is 128 Å². The monoisotopic (exact) mass is 668 g/mol. The molecule has 0 spiro atoms. The van der Waals surface area contributed by atoms with Crippen LogP contribution in [-0.4, -0.2) is 36.2 Å². The molecule has 0 unspecified atom stereocenters. The summed E-state index contributed by atoms with van der Waals surface area (Å²) in [5.74, 6) is 1.48. The molecule has 0 amide bonds. The van der Waals surface area contributed by atoms with Crippen molar-refractivity contribution in [3.63, 3.8) is 0 Å². The molecule has 0 aliphatic carbocycles. The van der Waals surface area contributed by atoms with Crippen LogP contribution in [0.3, 0.4) is 0 Å². The number of benzene rings is 3. The van der Waals surface area contributed by atoms with Crippen LogP contribution in [0.5, 0.6) is 11.5 Å². The first kappa shape index (κ1) is 34.1. The molecule has 9 heteroatoms. The molecule has 3 aromatic carbocycles. The van der Waals surface area contributed by atoms with Gasteiger partial charge >= 0.3 is 5.69 Å². The molecule has 0 saturated carbocycles. The lowest BCUT2D eigenvalue weighted by molar-refractivity contribution is -0.147. The fourth-order valence-corrected chi connectivity index (χ4v) is 8.03. The van der Waals surface area contributed by atoms with Gasteiger partial charge in [0.05, 0.1) is 12.2 Å². The van der Waals surface area contributed by atoms with Crippen molar-refractivity contribution >= 4 is 8.32 Å². The predicted octanol–water partition coefficient (Wildman–Crippen LogP) is 8.20. The van der Waals surface area contributed by atoms with Gasteiger partial charge in [0.15, 0.2) is 13.9 Å². The molecule has 1 saturated heterocycles. The van der Waals surface area contributed by atoms with Crippen LogP contribution >= 0.6 is 0 Å². The van der Waals surface area contributed by atoms with E-state index in [4.69, 9.17) is 18.6 Å². The van der Waals surface area contributed by atoms with Crippen LogP contribution in [0.2, 0.25) is 18.1 Å². The van der Waals surface area contributed by atoms with Crippen molar-refractivity contribution in [3.8, 4) is 11.5 Å². The third-order valence-corrected chi connectivity index (χ3v) is 14.8. The molecule has 254 valence electrons. The highest BCUT2D eigenvalue weighted by atomic mass is 28.4. The second-order valence-corrected chi connectivity index (χ2v) is 19.4. The molecule has 2 aliphatic heterocycles. The first-order valence-corrected chi connectivity index (χ1v) is 20.0. The summed E-state index contributed by atoms with van der Waals surface area (Å²) in [6, 6.07) is 26.5. The van der Waals surface area contributed by atoms with Crippen molar-refractivity contribution in [2.75, 3.05) is 0 Å². The maximum Gasteiger partial charge on any atom is 0.330 e. The van der Waals surface area contributed by atoms with Crippen molar-refractivity contribution in [1.82, 2.24) is 9.55 Å². The summed E-state index contributed by atoms with van der Waals surface area (Å²) in [6.07, 6.45) is 2.71. The molecule has 6 rings (SSSR count). The minimum absolute atomic E-state index is 0.0509. The number of unbranched alkanes of at least 4 members (excludes halogenated alkanes) is 1. The van der Waals surface area contributed by atoms with Gasteiger partial charge in [-0.25, -0.2) is 4.79 Å². The smallest absolute Gasteiger partial charge is 0.330 e. The Labute approximate surface area is 284 Å². The highest BCUT2D eigenvalue weighted by Gasteiger charge is 2.52. The van der Waals surface area contributed by atoms with Crippen LogP contribution in [0.1, 0.15) is 81.9 Å². The number of fused-ring (bicyclic) bond motifs is 2. The zero-order valence-corrected chi connectivity index (χ0v) is 30.1. The quantitative estimate of drug-likeness (QED) is 0.171. The number of rotatable bonds is 10. The van der Waals surface area contributed by atoms with Gasteiger partial charge < -0.3 is 18.6 Å². The lowest BCUT2D eigenvalue weighted by Gasteiger charge is -2.45. The molecule has 0 radical (unpaired) electrons. The number of ether oxygens (including phenoxy) is 3. The van der Waals surface area contributed by atoms with Gasteiger partial charge in [0.25, 0.3) is 5.56 Å². The number of nitrogens with zero attached hydrogens (tertiary/aromatic N) is 1. The van der Waals surface area contributed by atoms with Crippen LogP contribution in [0.25, 0.3) is 0 Å². The first-order valence-electron chi connectivity index (χ1n) is 17.1. The number of nitrogens with one attached hydrogen (secondary N) is 1. The largest absolute Gasteiger partial charge is 0.457 e. The summed E-state index contributed by atoms with van der Waals surface area (Å²) in [5, 5.41) is -0.0509. The van der Waals surface area contributed by atoms with Crippen LogP contribution in [-0.2, 0) is 19.5 Å². The molecule has 48 heavy (non-hydrogen) atoms. The van der Waals surface area contributed by atoms with E-state index < -0.39 is 43.6 Å². The Bertz CT molecular complexity index is 1820. The molecule has 1 aromatic heterocycles. The van der Waals surface area contributed by atoms with Gasteiger partial charge in [-0.1, -0.05) is 107 Å². The Morgan fingerprint density at radius 2 is 1.56 bits per heavy atom. The Hall–Kier alpha value is -3.76. The molecule has 1 N–H and O–H groups in total. The fraction of sp³-hybridized carbons (Fsp3) is 0.436. The number of hydrogen-bond donors (Lipinski definition) is 1. The molecule has 0 bridgehead atoms. The van der Waals surface area contributed by atoms with E-state index in [0.717, 1.165) is 41.0 Å². The average molecular weight is 669 g/mol. The topological polar surface area (TPSA) is 91.8 Å². The fourth-order valence-electron chi connectivity index (χ4n) is 6.69. The second kappa shape index (κ2) is 13.3. The number of hydrogen-bond acceptors (Lipinski definition) is 6. The Balaban J connectivity index is 1.52. The zero-order chi connectivity index (χ0) is 34.3. The molecular weight excluding hydrogens is 621 g/mol. The van der Waals surface area contributed by atoms with Crippen molar-refractivity contribution in [1.29, 1.82) is 0 Å². The van der Waals surface area contributed by atoms with Crippen LogP contribution in [0.15, 0.2) is 94.6 Å². The van der Waals surface area contributed by atoms with Gasteiger partial charge in [0.1, 0.15) is 23.8 Å². The van der Waals surface area contributed by atoms with Gasteiger partial charge in [0, 0.05) is 29.3 Å². The summed E-state index contributed by atoms with van der Waals surface area (Å²) in [7, 11) is -2.30. The summed E-state index contributed by atoms with van der Waals surface area (Å²) in [6.45, 7) is 15.0. The maximum atomic E-state index is 13.2. The van der Waals surface area contributed by atoms with E-state index in [-0.39, 0.29) is 11.1 Å². The lowest BCUT2D eigenvalue weighted by Crippen LogP contribution is -2.50. The average Bonchev–Trinajstić information content (AvgIpc) is 3.46. The number of H-pyrrole nitrogens is 1. The number of aromatic nitrogens is 2. The normalized spacial score (nSPS) is 20.9. The molecule has 2 aliphatic rings. The highest BCUT2D eigenvalue weighted by molar-refractivity contribution is 6.74. The van der Waals surface area contributed by atoms with Gasteiger partial charge in [-0.3, -0.25) is 14.3 Å². The van der Waals surface area contributed by atoms with E-state index in [9.17, 15) is 9.59 Å². The molecule has 4 aromatic rings. The van der Waals surface area contributed by atoms with Gasteiger partial charge in [0.2, 0.25) is 0 Å². The van der Waals surface area contributed by atoms with Crippen molar-refractivity contribution in [2.24, 2.45) is 0 Å². The van der Waals surface area contributed by atoms with E-state index >= 15 is 0 Å². The molecule has 3 heterocycles. The van der Waals surface area contributed by atoms with Gasteiger partial charge in [-0.2, -0.15) is 0 Å². The van der Waals surface area contributed by atoms with Crippen LogP contribution in [0.4, 0.5) is 0 Å². The maximum absolute atomic E-state index is 13.2. The van der Waals surface area contributed by atoms with E-state index in [2.05, 4.69) is 70.0 Å². The number of aromatic amines is 1. The van der Waals surface area contributed by atoms with E-state index in [1.54, 1.807) is 13.1 Å². The summed E-state index contributed by atoms with van der Waals surface area (Å²) in [5.41, 5.74) is 1.35. The Morgan fingerprint density at radius 3 is 2.17 bits per heavy atom. The number of para-hydroxylation sites is 2. The predicted molar refractivity (Wildman–Crippen MR) is 190 cm³/mol. The Morgan fingerprint density at radius 1 is 0.958 bits per heavy atom. The molecule has 8 nitrogen and oxygen atoms in total. The van der Waals surface area contributed by atoms with Gasteiger partial charge in [-0.05, 0) is 49.2 Å². The molecular formula is C39H48N2O6Si. The lowest BCUT2D eigenvalue weighted by atomic mass is 9.77. The second-order valence-electron chi connectivity index (χ2n) is 14.6. The summed E-state index contributed by atoms with van der Waals surface area (Å²) < 4.78 is 29.8. The third-order valence-electron chi connectivity index (χ3n) is 10.3. The summed E-state index contributed by atoms with van der Waals surface area (Å²) in [4.78, 5) is 27.9. The van der Waals surface area contributed by atoms with Crippen molar-refractivity contribution in [2.45, 2.75) is 109 Å². The minimum Gasteiger partial charge on any atom is -0.457 e. The van der Waals surface area contributed by atoms with Gasteiger partial charge in [-0.15, -0.1) is 0 Å². The highest BCUT2D eigenvalue weighted by Crippen LogP contribution is 2.54. The summed E-state index contributed by atoms with van der Waals surface area (Å²) >= 11 is 0.